The lowest BCUT2D eigenvalue weighted by atomic mass is 10.2. The summed E-state index contributed by atoms with van der Waals surface area (Å²) >= 11 is 0. The molecule has 0 bridgehead atoms. The Morgan fingerprint density at radius 3 is 1.85 bits per heavy atom. The summed E-state index contributed by atoms with van der Waals surface area (Å²) in [5, 5.41) is 4.83. The van der Waals surface area contributed by atoms with Gasteiger partial charge in [-0.1, -0.05) is 0 Å². The van der Waals surface area contributed by atoms with Gasteiger partial charge >= 0.3 is 0 Å². The number of rotatable bonds is 6. The monoisotopic (exact) mass is 422 g/mol. The van der Waals surface area contributed by atoms with Gasteiger partial charge in [0.2, 0.25) is 11.8 Å². The predicted molar refractivity (Wildman–Crippen MR) is 103 cm³/mol. The van der Waals surface area contributed by atoms with E-state index in [0.717, 1.165) is 0 Å². The maximum Gasteiger partial charge on any atom is 0.269 e. The van der Waals surface area contributed by atoms with E-state index < -0.39 is 41.8 Å². The fraction of sp³-hybridized carbons (Fsp3) is 0.400. The van der Waals surface area contributed by atoms with E-state index in [1.54, 1.807) is 0 Å². The highest BCUT2D eigenvalue weighted by atomic mass is 35.5. The van der Waals surface area contributed by atoms with Crippen molar-refractivity contribution in [1.82, 2.24) is 26.5 Å². The summed E-state index contributed by atoms with van der Waals surface area (Å²) in [6.45, 7) is 4.39. The van der Waals surface area contributed by atoms with E-state index in [0.29, 0.717) is 5.56 Å². The Hall–Kier alpha value is -2.43. The first kappa shape index (κ1) is 26.8. The van der Waals surface area contributed by atoms with Crippen LogP contribution in [0.1, 0.15) is 31.1 Å². The maximum atomic E-state index is 11.9. The molecule has 12 heteroatoms. The van der Waals surface area contributed by atoms with Gasteiger partial charge in [-0.25, -0.2) is 0 Å². The smallest absolute Gasteiger partial charge is 0.269 e. The molecule has 6 N–H and O–H groups in total. The quantitative estimate of drug-likeness (QED) is 0.371. The number of pyridine rings is 1. The second-order valence-corrected chi connectivity index (χ2v) is 5.43. The van der Waals surface area contributed by atoms with Crippen LogP contribution in [-0.2, 0) is 14.4 Å². The molecule has 152 valence electrons. The molecule has 0 aliphatic rings. The SMILES string of the molecule is C[C@H](N)C(=O)N[C@@H](C)C(=O)N[C@@H](C)C(=O)NNC(=O)c1ccncc1.Cl.Cl. The summed E-state index contributed by atoms with van der Waals surface area (Å²) in [6, 6.07) is 0.421. The minimum Gasteiger partial charge on any atom is -0.343 e. The van der Waals surface area contributed by atoms with E-state index in [9.17, 15) is 19.2 Å². The molecule has 27 heavy (non-hydrogen) atoms. The number of carbonyl (C=O) groups is 4. The average molecular weight is 423 g/mol. The number of nitrogens with two attached hydrogens (primary N) is 1. The van der Waals surface area contributed by atoms with Crippen LogP contribution in [0.15, 0.2) is 24.5 Å². The topological polar surface area (TPSA) is 155 Å². The number of carbonyl (C=O) groups excluding carboxylic acids is 4. The molecule has 10 nitrogen and oxygen atoms in total. The van der Waals surface area contributed by atoms with Gasteiger partial charge in [0.15, 0.2) is 0 Å². The van der Waals surface area contributed by atoms with Crippen molar-refractivity contribution in [3.63, 3.8) is 0 Å². The molecule has 1 aromatic heterocycles. The van der Waals surface area contributed by atoms with Crippen LogP contribution in [0.5, 0.6) is 0 Å². The van der Waals surface area contributed by atoms with Gasteiger partial charge in [-0.2, -0.15) is 0 Å². The standard InChI is InChI=1S/C15H22N6O4.2ClH/c1-8(16)12(22)18-9(2)13(23)19-10(3)14(24)20-21-15(25)11-4-6-17-7-5-11;;/h4-10H,16H2,1-3H3,(H,18,22)(H,19,23)(H,20,24)(H,21,25);2*1H/t8-,9-,10-;;/m0../s1. The van der Waals surface area contributed by atoms with Gasteiger partial charge in [-0.3, -0.25) is 35.0 Å². The number of aromatic nitrogens is 1. The van der Waals surface area contributed by atoms with E-state index in [2.05, 4.69) is 26.5 Å². The summed E-state index contributed by atoms with van der Waals surface area (Å²) in [6.07, 6.45) is 2.88. The number of hydrogen-bond acceptors (Lipinski definition) is 6. The molecule has 1 rings (SSSR count). The zero-order chi connectivity index (χ0) is 19.0. The van der Waals surface area contributed by atoms with Gasteiger partial charge < -0.3 is 16.4 Å². The van der Waals surface area contributed by atoms with Gasteiger partial charge in [-0.15, -0.1) is 24.8 Å². The van der Waals surface area contributed by atoms with Crippen molar-refractivity contribution in [2.45, 2.75) is 38.9 Å². The lowest BCUT2D eigenvalue weighted by Gasteiger charge is -2.19. The zero-order valence-corrected chi connectivity index (χ0v) is 16.6. The zero-order valence-electron chi connectivity index (χ0n) is 15.0. The molecule has 1 aromatic rings. The lowest BCUT2D eigenvalue weighted by molar-refractivity contribution is -0.131. The summed E-state index contributed by atoms with van der Waals surface area (Å²) in [7, 11) is 0. The molecular formula is C15H24Cl2N6O4. The van der Waals surface area contributed by atoms with Crippen molar-refractivity contribution < 1.29 is 19.2 Å². The van der Waals surface area contributed by atoms with Crippen molar-refractivity contribution in [3.8, 4) is 0 Å². The van der Waals surface area contributed by atoms with Crippen LogP contribution in [0.2, 0.25) is 0 Å². The summed E-state index contributed by atoms with van der Waals surface area (Å²) < 4.78 is 0. The predicted octanol–water partition coefficient (Wildman–Crippen LogP) is -0.957. The molecule has 0 spiro atoms. The Labute approximate surface area is 169 Å². The Morgan fingerprint density at radius 1 is 0.852 bits per heavy atom. The van der Waals surface area contributed by atoms with Crippen LogP contribution in [0.25, 0.3) is 0 Å². The first-order valence-electron chi connectivity index (χ1n) is 7.59. The maximum absolute atomic E-state index is 11.9. The number of nitrogens with zero attached hydrogens (tertiary/aromatic N) is 1. The first-order chi connectivity index (χ1) is 11.7. The van der Waals surface area contributed by atoms with Crippen molar-refractivity contribution >= 4 is 48.4 Å². The van der Waals surface area contributed by atoms with Gasteiger partial charge in [0.25, 0.3) is 11.8 Å². The Kier molecular flexibility index (Phi) is 12.8. The molecular weight excluding hydrogens is 399 g/mol. The van der Waals surface area contributed by atoms with Crippen LogP contribution in [0.4, 0.5) is 0 Å². The third-order valence-corrected chi connectivity index (χ3v) is 3.16. The minimum atomic E-state index is -0.931. The molecule has 1 heterocycles. The third kappa shape index (κ3) is 9.18. The van der Waals surface area contributed by atoms with Gasteiger partial charge in [-0.05, 0) is 32.9 Å². The highest BCUT2D eigenvalue weighted by Crippen LogP contribution is 1.94. The van der Waals surface area contributed by atoms with Crippen molar-refractivity contribution in [3.05, 3.63) is 30.1 Å². The van der Waals surface area contributed by atoms with Crippen molar-refractivity contribution in [1.29, 1.82) is 0 Å². The summed E-state index contributed by atoms with van der Waals surface area (Å²) in [5.74, 6) is -2.19. The molecule has 0 aliphatic carbocycles. The van der Waals surface area contributed by atoms with E-state index in [-0.39, 0.29) is 24.8 Å². The van der Waals surface area contributed by atoms with E-state index in [1.165, 1.54) is 45.3 Å². The summed E-state index contributed by atoms with van der Waals surface area (Å²) in [4.78, 5) is 50.8. The van der Waals surface area contributed by atoms with Gasteiger partial charge in [0.1, 0.15) is 12.1 Å². The van der Waals surface area contributed by atoms with Gasteiger partial charge in [0.05, 0.1) is 6.04 Å². The fourth-order valence-electron chi connectivity index (χ4n) is 1.62. The highest BCUT2D eigenvalue weighted by Gasteiger charge is 2.22. The van der Waals surface area contributed by atoms with Crippen LogP contribution in [-0.4, -0.2) is 46.7 Å². The average Bonchev–Trinajstić information content (AvgIpc) is 2.59. The Bertz CT molecular complexity index is 644. The second kappa shape index (κ2) is 12.8. The number of amides is 4. The lowest BCUT2D eigenvalue weighted by Crippen LogP contribution is -2.55. The normalized spacial score (nSPS) is 12.7. The summed E-state index contributed by atoms with van der Waals surface area (Å²) in [5.41, 5.74) is 10.1. The molecule has 0 unspecified atom stereocenters. The van der Waals surface area contributed by atoms with E-state index in [1.807, 2.05) is 0 Å². The number of halogens is 2. The molecule has 3 atom stereocenters. The van der Waals surface area contributed by atoms with Crippen molar-refractivity contribution in [2.75, 3.05) is 0 Å². The molecule has 0 radical (unpaired) electrons. The van der Waals surface area contributed by atoms with Gasteiger partial charge in [0, 0.05) is 18.0 Å². The van der Waals surface area contributed by atoms with Crippen LogP contribution in [0, 0.1) is 0 Å². The number of hydrogen-bond donors (Lipinski definition) is 5. The molecule has 4 amide bonds. The van der Waals surface area contributed by atoms with Crippen LogP contribution >= 0.6 is 24.8 Å². The molecule has 0 aromatic carbocycles. The van der Waals surface area contributed by atoms with Crippen LogP contribution in [0.3, 0.4) is 0 Å². The number of hydrazine groups is 1. The first-order valence-corrected chi connectivity index (χ1v) is 7.59. The second-order valence-electron chi connectivity index (χ2n) is 5.43. The van der Waals surface area contributed by atoms with E-state index >= 15 is 0 Å². The molecule has 0 saturated heterocycles. The third-order valence-electron chi connectivity index (χ3n) is 3.16. The Balaban J connectivity index is 0. The molecule has 0 aliphatic heterocycles. The largest absolute Gasteiger partial charge is 0.343 e. The number of nitrogens with one attached hydrogen (secondary N) is 4. The Morgan fingerprint density at radius 2 is 1.33 bits per heavy atom. The van der Waals surface area contributed by atoms with Crippen molar-refractivity contribution in [2.24, 2.45) is 5.73 Å². The molecule has 0 fully saturated rings. The highest BCUT2D eigenvalue weighted by molar-refractivity contribution is 5.96. The van der Waals surface area contributed by atoms with E-state index in [4.69, 9.17) is 5.73 Å². The molecule has 0 saturated carbocycles. The minimum absolute atomic E-state index is 0. The fourth-order valence-corrected chi connectivity index (χ4v) is 1.62. The van der Waals surface area contributed by atoms with Crippen LogP contribution < -0.4 is 27.2 Å².